The molecule has 1 saturated carbocycles. The molecule has 0 saturated heterocycles. The van der Waals surface area contributed by atoms with Crippen LogP contribution in [0.15, 0.2) is 56.2 Å². The van der Waals surface area contributed by atoms with E-state index in [2.05, 4.69) is 37.2 Å². The Morgan fingerprint density at radius 1 is 1.13 bits per heavy atom. The summed E-state index contributed by atoms with van der Waals surface area (Å²) < 4.78 is 12.7. The van der Waals surface area contributed by atoms with Gasteiger partial charge >= 0.3 is 0 Å². The quantitative estimate of drug-likeness (QED) is 0.409. The molecule has 0 aliphatic heterocycles. The van der Waals surface area contributed by atoms with Crippen LogP contribution in [0.2, 0.25) is 0 Å². The Kier molecular flexibility index (Phi) is 3.86. The molecule has 0 amide bonds. The van der Waals surface area contributed by atoms with Gasteiger partial charge in [0, 0.05) is 12.1 Å². The molecule has 0 radical (unpaired) electrons. The zero-order valence-corrected chi connectivity index (χ0v) is 16.7. The Hall–Kier alpha value is -3.64. The SMILES string of the molecule is Cc1ccc2c(Sc3nc(C4CC4)no3)noc2c1C#Cc1cnn2cnccc12. The van der Waals surface area contributed by atoms with Gasteiger partial charge in [-0.05, 0) is 49.2 Å². The monoisotopic (exact) mass is 414 g/mol. The molecule has 6 rings (SSSR count). The lowest BCUT2D eigenvalue weighted by Crippen LogP contribution is -1.87. The van der Waals surface area contributed by atoms with Gasteiger partial charge in [0.25, 0.3) is 5.22 Å². The third kappa shape index (κ3) is 2.93. The van der Waals surface area contributed by atoms with Crippen molar-refractivity contribution in [2.75, 3.05) is 0 Å². The lowest BCUT2D eigenvalue weighted by Gasteiger charge is -1.98. The van der Waals surface area contributed by atoms with Crippen molar-refractivity contribution in [1.82, 2.24) is 29.9 Å². The Morgan fingerprint density at radius 2 is 2.07 bits per heavy atom. The fourth-order valence-corrected chi connectivity index (χ4v) is 3.96. The van der Waals surface area contributed by atoms with E-state index in [1.807, 2.05) is 25.1 Å². The molecule has 4 heterocycles. The average molecular weight is 414 g/mol. The van der Waals surface area contributed by atoms with Crippen LogP contribution >= 0.6 is 11.8 Å². The molecule has 5 aromatic rings. The predicted octanol–water partition coefficient (Wildman–Crippen LogP) is 3.99. The van der Waals surface area contributed by atoms with E-state index < -0.39 is 0 Å². The van der Waals surface area contributed by atoms with E-state index in [1.54, 1.807) is 23.2 Å². The third-order valence-electron chi connectivity index (χ3n) is 5.02. The van der Waals surface area contributed by atoms with Crippen molar-refractivity contribution in [3.05, 3.63) is 59.4 Å². The molecule has 30 heavy (non-hydrogen) atoms. The minimum Gasteiger partial charge on any atom is -0.354 e. The van der Waals surface area contributed by atoms with Gasteiger partial charge in [0.1, 0.15) is 6.33 Å². The molecule has 1 fully saturated rings. The van der Waals surface area contributed by atoms with Crippen LogP contribution in [0.5, 0.6) is 0 Å². The molecular formula is C21H14N6O2S. The van der Waals surface area contributed by atoms with Gasteiger partial charge in [0.15, 0.2) is 16.4 Å². The Balaban J connectivity index is 1.37. The Bertz CT molecular complexity index is 1470. The van der Waals surface area contributed by atoms with Crippen LogP contribution in [0.4, 0.5) is 0 Å². The first-order valence-corrected chi connectivity index (χ1v) is 10.3. The number of hydrogen-bond donors (Lipinski definition) is 0. The van der Waals surface area contributed by atoms with Gasteiger partial charge in [0.05, 0.1) is 28.2 Å². The summed E-state index contributed by atoms with van der Waals surface area (Å²) in [5, 5.41) is 14.6. The van der Waals surface area contributed by atoms with Gasteiger partial charge < -0.3 is 9.05 Å². The number of rotatable bonds is 3. The van der Waals surface area contributed by atoms with Gasteiger partial charge in [0.2, 0.25) is 0 Å². The second-order valence-corrected chi connectivity index (χ2v) is 8.08. The van der Waals surface area contributed by atoms with Crippen LogP contribution in [-0.2, 0) is 0 Å². The number of hydrogen-bond acceptors (Lipinski definition) is 8. The molecule has 4 aromatic heterocycles. The highest BCUT2D eigenvalue weighted by molar-refractivity contribution is 7.99. The summed E-state index contributed by atoms with van der Waals surface area (Å²) in [5.41, 5.74) is 4.17. The van der Waals surface area contributed by atoms with Crippen molar-refractivity contribution in [2.24, 2.45) is 0 Å². The van der Waals surface area contributed by atoms with Gasteiger partial charge in [-0.1, -0.05) is 28.2 Å². The zero-order chi connectivity index (χ0) is 20.1. The number of aromatic nitrogens is 6. The molecule has 1 aliphatic carbocycles. The summed E-state index contributed by atoms with van der Waals surface area (Å²) >= 11 is 1.31. The van der Waals surface area contributed by atoms with E-state index in [9.17, 15) is 0 Å². The van der Waals surface area contributed by atoms with E-state index in [0.29, 0.717) is 21.7 Å². The second kappa shape index (κ2) is 6.71. The molecule has 146 valence electrons. The van der Waals surface area contributed by atoms with Crippen LogP contribution in [0.25, 0.3) is 16.5 Å². The highest BCUT2D eigenvalue weighted by atomic mass is 32.2. The first-order valence-electron chi connectivity index (χ1n) is 9.46. The molecule has 8 nitrogen and oxygen atoms in total. The maximum Gasteiger partial charge on any atom is 0.292 e. The molecular weight excluding hydrogens is 400 g/mol. The number of aryl methyl sites for hydroxylation is 1. The largest absolute Gasteiger partial charge is 0.354 e. The van der Waals surface area contributed by atoms with Crippen LogP contribution in [0, 0.1) is 18.8 Å². The lowest BCUT2D eigenvalue weighted by atomic mass is 10.1. The normalized spacial score (nSPS) is 13.6. The Morgan fingerprint density at radius 3 is 2.97 bits per heavy atom. The summed E-state index contributed by atoms with van der Waals surface area (Å²) in [5.74, 6) is 7.66. The van der Waals surface area contributed by atoms with Crippen LogP contribution in [0.3, 0.4) is 0 Å². The smallest absolute Gasteiger partial charge is 0.292 e. The van der Waals surface area contributed by atoms with Gasteiger partial charge in [-0.25, -0.2) is 9.50 Å². The topological polar surface area (TPSA) is 95.1 Å². The van der Waals surface area contributed by atoms with E-state index >= 15 is 0 Å². The van der Waals surface area contributed by atoms with E-state index in [1.165, 1.54) is 11.8 Å². The summed E-state index contributed by atoms with van der Waals surface area (Å²) in [6.45, 7) is 2.00. The van der Waals surface area contributed by atoms with Gasteiger partial charge in [-0.15, -0.1) is 0 Å². The summed E-state index contributed by atoms with van der Waals surface area (Å²) in [6, 6.07) is 5.87. The highest BCUT2D eigenvalue weighted by Gasteiger charge is 2.29. The number of fused-ring (bicyclic) bond motifs is 2. The molecule has 0 unspecified atom stereocenters. The van der Waals surface area contributed by atoms with Crippen LogP contribution < -0.4 is 0 Å². The van der Waals surface area contributed by atoms with E-state index in [4.69, 9.17) is 9.05 Å². The first-order chi connectivity index (χ1) is 14.8. The summed E-state index contributed by atoms with van der Waals surface area (Å²) in [4.78, 5) is 8.51. The van der Waals surface area contributed by atoms with Crippen molar-refractivity contribution in [1.29, 1.82) is 0 Å². The molecule has 1 aliphatic rings. The van der Waals surface area contributed by atoms with Crippen molar-refractivity contribution in [2.45, 2.75) is 35.9 Å². The van der Waals surface area contributed by atoms with Gasteiger partial charge in [-0.3, -0.25) is 0 Å². The molecule has 0 N–H and O–H groups in total. The first kappa shape index (κ1) is 17.2. The summed E-state index contributed by atoms with van der Waals surface area (Å²) in [7, 11) is 0. The number of nitrogens with zero attached hydrogens (tertiary/aromatic N) is 6. The minimum atomic E-state index is 0.442. The molecule has 0 bridgehead atoms. The van der Waals surface area contributed by atoms with E-state index in [-0.39, 0.29) is 0 Å². The number of benzene rings is 1. The van der Waals surface area contributed by atoms with Crippen LogP contribution in [0.1, 0.15) is 41.3 Å². The van der Waals surface area contributed by atoms with Crippen molar-refractivity contribution in [3.63, 3.8) is 0 Å². The third-order valence-corrected chi connectivity index (χ3v) is 5.84. The second-order valence-electron chi connectivity index (χ2n) is 7.14. The minimum absolute atomic E-state index is 0.442. The van der Waals surface area contributed by atoms with Gasteiger partial charge in [-0.2, -0.15) is 10.1 Å². The van der Waals surface area contributed by atoms with Crippen molar-refractivity contribution < 1.29 is 9.05 Å². The van der Waals surface area contributed by atoms with E-state index in [0.717, 1.165) is 46.3 Å². The molecule has 1 aromatic carbocycles. The molecule has 0 atom stereocenters. The maximum absolute atomic E-state index is 5.66. The zero-order valence-electron chi connectivity index (χ0n) is 15.9. The maximum atomic E-state index is 5.66. The fourth-order valence-electron chi connectivity index (χ4n) is 3.23. The van der Waals surface area contributed by atoms with Crippen molar-refractivity contribution >= 4 is 28.2 Å². The standard InChI is InChI=1S/C21H14N6O2S/c1-12-2-6-16-18(15(12)7-5-14-10-23-27-11-22-9-8-17(14)27)28-26-20(16)30-21-24-19(25-29-21)13-3-4-13/h2,6,8-11,13H,3-4H2,1H3. The Labute approximate surface area is 174 Å². The molecule has 9 heteroatoms. The predicted molar refractivity (Wildman–Crippen MR) is 108 cm³/mol. The fraction of sp³-hybridized carbons (Fsp3) is 0.190. The summed E-state index contributed by atoms with van der Waals surface area (Å²) in [6.07, 6.45) is 7.36. The average Bonchev–Trinajstić information content (AvgIpc) is 3.18. The lowest BCUT2D eigenvalue weighted by molar-refractivity contribution is 0.336. The molecule has 0 spiro atoms. The highest BCUT2D eigenvalue weighted by Crippen LogP contribution is 2.40. The van der Waals surface area contributed by atoms with Crippen molar-refractivity contribution in [3.8, 4) is 11.8 Å². The van der Waals surface area contributed by atoms with Crippen LogP contribution in [-0.4, -0.2) is 29.9 Å².